The van der Waals surface area contributed by atoms with Gasteiger partial charge in [0.2, 0.25) is 5.91 Å². The van der Waals surface area contributed by atoms with Crippen LogP contribution in [0.15, 0.2) is 42.5 Å². The molecule has 0 aliphatic heterocycles. The first-order chi connectivity index (χ1) is 12.3. The van der Waals surface area contributed by atoms with E-state index in [1.54, 1.807) is 0 Å². The quantitative estimate of drug-likeness (QED) is 0.746. The molecule has 0 aliphatic carbocycles. The summed E-state index contributed by atoms with van der Waals surface area (Å²) in [6.07, 6.45) is 0. The monoisotopic (exact) mass is 353 g/mol. The number of benzene rings is 2. The number of carbonyl (C=O) groups is 2. The van der Waals surface area contributed by atoms with Crippen LogP contribution in [-0.2, 0) is 4.79 Å². The van der Waals surface area contributed by atoms with Crippen molar-refractivity contribution >= 4 is 17.6 Å². The second-order valence-electron chi connectivity index (χ2n) is 6.73. The summed E-state index contributed by atoms with van der Waals surface area (Å²) < 4.78 is 0. The SMILES string of the molecule is CC(=O)Nc1cccc([C@H](C)NC(=O)N[C@H](C)c2cc(C)ccc2C)c1. The molecule has 0 unspecified atom stereocenters. The molecule has 0 radical (unpaired) electrons. The highest BCUT2D eigenvalue weighted by atomic mass is 16.2. The maximum absolute atomic E-state index is 12.4. The van der Waals surface area contributed by atoms with Gasteiger partial charge in [0.15, 0.2) is 0 Å². The lowest BCUT2D eigenvalue weighted by Crippen LogP contribution is -2.38. The maximum atomic E-state index is 12.4. The van der Waals surface area contributed by atoms with Crippen LogP contribution >= 0.6 is 0 Å². The van der Waals surface area contributed by atoms with Crippen molar-refractivity contribution in [1.82, 2.24) is 10.6 Å². The summed E-state index contributed by atoms with van der Waals surface area (Å²) in [5.74, 6) is -0.122. The molecule has 0 bridgehead atoms. The molecule has 138 valence electrons. The Morgan fingerprint density at radius 1 is 0.923 bits per heavy atom. The average molecular weight is 353 g/mol. The molecule has 5 heteroatoms. The van der Waals surface area contributed by atoms with Gasteiger partial charge in [0.25, 0.3) is 0 Å². The Hall–Kier alpha value is -2.82. The van der Waals surface area contributed by atoms with Crippen LogP contribution in [-0.4, -0.2) is 11.9 Å². The lowest BCUT2D eigenvalue weighted by atomic mass is 10.00. The maximum Gasteiger partial charge on any atom is 0.315 e. The molecule has 0 heterocycles. The lowest BCUT2D eigenvalue weighted by Gasteiger charge is -2.20. The Bertz CT molecular complexity index is 802. The molecular formula is C21H27N3O2. The zero-order valence-corrected chi connectivity index (χ0v) is 16.0. The van der Waals surface area contributed by atoms with Crippen LogP contribution in [0.4, 0.5) is 10.5 Å². The number of amides is 3. The summed E-state index contributed by atoms with van der Waals surface area (Å²) in [4.78, 5) is 23.6. The van der Waals surface area contributed by atoms with Gasteiger partial charge < -0.3 is 16.0 Å². The van der Waals surface area contributed by atoms with Crippen LogP contribution in [0.1, 0.15) is 55.1 Å². The minimum Gasteiger partial charge on any atom is -0.332 e. The van der Waals surface area contributed by atoms with Crippen LogP contribution in [0.25, 0.3) is 0 Å². The summed E-state index contributed by atoms with van der Waals surface area (Å²) in [5.41, 5.74) is 5.07. The summed E-state index contributed by atoms with van der Waals surface area (Å²) in [6.45, 7) is 9.44. The Balaban J connectivity index is 2.00. The van der Waals surface area contributed by atoms with Crippen LogP contribution in [0.2, 0.25) is 0 Å². The van der Waals surface area contributed by atoms with Crippen molar-refractivity contribution in [3.05, 3.63) is 64.7 Å². The third kappa shape index (κ3) is 5.34. The first kappa shape index (κ1) is 19.5. The van der Waals surface area contributed by atoms with Crippen LogP contribution in [0.5, 0.6) is 0 Å². The molecule has 0 fully saturated rings. The standard InChI is InChI=1S/C21H27N3O2/c1-13-9-10-14(2)20(11-13)16(4)23-21(26)22-15(3)18-7-6-8-19(12-18)24-17(5)25/h6-12,15-16H,1-5H3,(H,24,25)(H2,22,23,26)/t15-,16+/m0/s1. The van der Waals surface area contributed by atoms with Gasteiger partial charge in [-0.25, -0.2) is 4.79 Å². The third-order valence-electron chi connectivity index (χ3n) is 4.30. The molecular weight excluding hydrogens is 326 g/mol. The number of anilines is 1. The molecule has 0 saturated carbocycles. The third-order valence-corrected chi connectivity index (χ3v) is 4.30. The van der Waals surface area contributed by atoms with E-state index >= 15 is 0 Å². The van der Waals surface area contributed by atoms with E-state index in [2.05, 4.69) is 34.1 Å². The van der Waals surface area contributed by atoms with E-state index in [4.69, 9.17) is 0 Å². The molecule has 5 nitrogen and oxygen atoms in total. The van der Waals surface area contributed by atoms with Gasteiger partial charge in [0, 0.05) is 12.6 Å². The van der Waals surface area contributed by atoms with Crippen molar-refractivity contribution in [3.63, 3.8) is 0 Å². The molecule has 0 saturated heterocycles. The highest BCUT2D eigenvalue weighted by Crippen LogP contribution is 2.20. The highest BCUT2D eigenvalue weighted by Gasteiger charge is 2.15. The molecule has 2 aromatic carbocycles. The number of rotatable bonds is 5. The van der Waals surface area contributed by atoms with E-state index < -0.39 is 0 Å². The van der Waals surface area contributed by atoms with Crippen molar-refractivity contribution in [1.29, 1.82) is 0 Å². The van der Waals surface area contributed by atoms with Crippen LogP contribution < -0.4 is 16.0 Å². The topological polar surface area (TPSA) is 70.2 Å². The fourth-order valence-electron chi connectivity index (χ4n) is 2.91. The largest absolute Gasteiger partial charge is 0.332 e. The molecule has 2 atom stereocenters. The Labute approximate surface area is 155 Å². The van der Waals surface area contributed by atoms with E-state index in [1.165, 1.54) is 12.5 Å². The normalized spacial score (nSPS) is 12.8. The van der Waals surface area contributed by atoms with E-state index in [0.29, 0.717) is 5.69 Å². The number of hydrogen-bond donors (Lipinski definition) is 3. The van der Waals surface area contributed by atoms with Gasteiger partial charge in [-0.15, -0.1) is 0 Å². The zero-order chi connectivity index (χ0) is 19.3. The molecule has 3 amide bonds. The molecule has 2 aromatic rings. The Morgan fingerprint density at radius 2 is 1.62 bits per heavy atom. The first-order valence-corrected chi connectivity index (χ1v) is 8.78. The van der Waals surface area contributed by atoms with Gasteiger partial charge in [-0.3, -0.25) is 4.79 Å². The van der Waals surface area contributed by atoms with Crippen LogP contribution in [0.3, 0.4) is 0 Å². The smallest absolute Gasteiger partial charge is 0.315 e. The van der Waals surface area contributed by atoms with Crippen molar-refractivity contribution in [2.45, 2.75) is 46.7 Å². The molecule has 0 aromatic heterocycles. The second kappa shape index (κ2) is 8.52. The number of urea groups is 1. The molecule has 26 heavy (non-hydrogen) atoms. The Morgan fingerprint density at radius 3 is 2.31 bits per heavy atom. The zero-order valence-electron chi connectivity index (χ0n) is 16.0. The van der Waals surface area contributed by atoms with Gasteiger partial charge in [-0.1, -0.05) is 35.9 Å². The van der Waals surface area contributed by atoms with E-state index in [1.807, 2.05) is 52.0 Å². The second-order valence-corrected chi connectivity index (χ2v) is 6.73. The summed E-state index contributed by atoms with van der Waals surface area (Å²) >= 11 is 0. The van der Waals surface area contributed by atoms with E-state index in [-0.39, 0.29) is 24.0 Å². The number of aryl methyl sites for hydroxylation is 2. The molecule has 2 rings (SSSR count). The average Bonchev–Trinajstić information content (AvgIpc) is 2.56. The van der Waals surface area contributed by atoms with E-state index in [9.17, 15) is 9.59 Å². The van der Waals surface area contributed by atoms with Crippen LogP contribution in [0, 0.1) is 13.8 Å². The predicted molar refractivity (Wildman–Crippen MR) is 105 cm³/mol. The first-order valence-electron chi connectivity index (χ1n) is 8.78. The minimum absolute atomic E-state index is 0.0900. The summed E-state index contributed by atoms with van der Waals surface area (Å²) in [7, 11) is 0. The molecule has 0 spiro atoms. The summed E-state index contributed by atoms with van der Waals surface area (Å²) in [5, 5.41) is 8.69. The lowest BCUT2D eigenvalue weighted by molar-refractivity contribution is -0.114. The van der Waals surface area contributed by atoms with Gasteiger partial charge in [0.1, 0.15) is 0 Å². The minimum atomic E-state index is -0.226. The summed E-state index contributed by atoms with van der Waals surface area (Å²) in [6, 6.07) is 13.2. The number of hydrogen-bond acceptors (Lipinski definition) is 2. The predicted octanol–water partition coefficient (Wildman–Crippen LogP) is 4.38. The van der Waals surface area contributed by atoms with Gasteiger partial charge in [0.05, 0.1) is 12.1 Å². The van der Waals surface area contributed by atoms with Crippen molar-refractivity contribution in [3.8, 4) is 0 Å². The Kier molecular flexibility index (Phi) is 6.39. The van der Waals surface area contributed by atoms with Crippen molar-refractivity contribution in [2.75, 3.05) is 5.32 Å². The number of carbonyl (C=O) groups excluding carboxylic acids is 2. The van der Waals surface area contributed by atoms with E-state index in [0.717, 1.165) is 16.7 Å². The van der Waals surface area contributed by atoms with Crippen molar-refractivity contribution < 1.29 is 9.59 Å². The number of nitrogens with one attached hydrogen (secondary N) is 3. The highest BCUT2D eigenvalue weighted by molar-refractivity contribution is 5.88. The van der Waals surface area contributed by atoms with Gasteiger partial charge in [-0.2, -0.15) is 0 Å². The van der Waals surface area contributed by atoms with Gasteiger partial charge >= 0.3 is 6.03 Å². The fourth-order valence-corrected chi connectivity index (χ4v) is 2.91. The molecule has 0 aliphatic rings. The van der Waals surface area contributed by atoms with Crippen molar-refractivity contribution in [2.24, 2.45) is 0 Å². The van der Waals surface area contributed by atoms with Gasteiger partial charge in [-0.05, 0) is 56.5 Å². The molecule has 3 N–H and O–H groups in total. The fraction of sp³-hybridized carbons (Fsp3) is 0.333.